The molecular formula is C34H72NO3P. The zero-order valence-electron chi connectivity index (χ0n) is 27.1. The predicted octanol–water partition coefficient (Wildman–Crippen LogP) is 12.4. The second-order valence-electron chi connectivity index (χ2n) is 12.1. The van der Waals surface area contributed by atoms with Gasteiger partial charge >= 0.3 is 7.75 Å². The van der Waals surface area contributed by atoms with Crippen LogP contribution in [0, 0.1) is 0 Å². The molecule has 0 saturated carbocycles. The molecule has 0 aliphatic heterocycles. The highest BCUT2D eigenvalue weighted by Crippen LogP contribution is 2.46. The molecular weight excluding hydrogens is 501 g/mol. The van der Waals surface area contributed by atoms with Crippen LogP contribution in [0.1, 0.15) is 201 Å². The molecule has 1 unspecified atom stereocenters. The third kappa shape index (κ3) is 28.0. The molecule has 0 spiro atoms. The molecule has 0 amide bonds. The van der Waals surface area contributed by atoms with Crippen molar-refractivity contribution in [1.29, 1.82) is 0 Å². The third-order valence-electron chi connectivity index (χ3n) is 8.19. The summed E-state index contributed by atoms with van der Waals surface area (Å²) in [6, 6.07) is 0. The lowest BCUT2D eigenvalue weighted by atomic mass is 10.0. The monoisotopic (exact) mass is 574 g/mol. The molecule has 0 aromatic heterocycles. The lowest BCUT2D eigenvalue weighted by Crippen LogP contribution is -2.24. The fraction of sp³-hybridized carbons (Fsp3) is 1.00. The van der Waals surface area contributed by atoms with E-state index in [0.29, 0.717) is 19.7 Å². The van der Waals surface area contributed by atoms with Gasteiger partial charge in [0.05, 0.1) is 6.61 Å². The smallest absolute Gasteiger partial charge is 0.312 e. The molecule has 0 bridgehead atoms. The van der Waals surface area contributed by atoms with Gasteiger partial charge in [-0.1, -0.05) is 181 Å². The average molecular weight is 574 g/mol. The molecule has 0 aliphatic rings. The summed E-state index contributed by atoms with van der Waals surface area (Å²) in [6.45, 7) is 8.03. The highest BCUT2D eigenvalue weighted by Gasteiger charge is 2.28. The Morgan fingerprint density at radius 3 is 0.897 bits per heavy atom. The van der Waals surface area contributed by atoms with Gasteiger partial charge in [0.2, 0.25) is 0 Å². The molecule has 0 rings (SSSR count). The predicted molar refractivity (Wildman–Crippen MR) is 174 cm³/mol. The summed E-state index contributed by atoms with van der Waals surface area (Å²) in [4.78, 5) is 10.4. The maximum absolute atomic E-state index is 12.7. The Balaban J connectivity index is 3.75. The first kappa shape index (κ1) is 39.1. The van der Waals surface area contributed by atoms with Crippen molar-refractivity contribution in [1.82, 2.24) is 4.67 Å². The zero-order chi connectivity index (χ0) is 28.7. The van der Waals surface area contributed by atoms with E-state index in [2.05, 4.69) is 13.8 Å². The van der Waals surface area contributed by atoms with Crippen LogP contribution < -0.4 is 0 Å². The molecule has 4 nitrogen and oxygen atoms in total. The van der Waals surface area contributed by atoms with E-state index < -0.39 is 7.75 Å². The molecule has 0 heterocycles. The summed E-state index contributed by atoms with van der Waals surface area (Å²) in [7, 11) is -3.64. The summed E-state index contributed by atoms with van der Waals surface area (Å²) in [6.07, 6.45) is 37.3. The van der Waals surface area contributed by atoms with Crippen molar-refractivity contribution in [2.45, 2.75) is 201 Å². The van der Waals surface area contributed by atoms with Crippen molar-refractivity contribution in [3.63, 3.8) is 0 Å². The first-order valence-electron chi connectivity index (χ1n) is 17.8. The molecule has 0 fully saturated rings. The fourth-order valence-electron chi connectivity index (χ4n) is 5.59. The standard InChI is InChI=1S/C34H72NO3P/c1-4-7-9-11-13-15-17-19-21-23-25-27-29-31-33-35(39(36,37)38-6-3)34-32-30-28-26-24-22-20-18-16-14-12-10-8-5-2/h4-34H2,1-3H3,(H,36,37). The molecule has 0 aliphatic carbocycles. The minimum atomic E-state index is -3.64. The van der Waals surface area contributed by atoms with Crippen LogP contribution >= 0.6 is 7.75 Å². The lowest BCUT2D eigenvalue weighted by Gasteiger charge is -2.26. The van der Waals surface area contributed by atoms with Crippen LogP contribution in [0.5, 0.6) is 0 Å². The molecule has 0 saturated heterocycles. The van der Waals surface area contributed by atoms with E-state index in [1.54, 1.807) is 11.6 Å². The highest BCUT2D eigenvalue weighted by atomic mass is 31.2. The second-order valence-corrected chi connectivity index (χ2v) is 13.9. The van der Waals surface area contributed by atoms with Gasteiger partial charge in [0.1, 0.15) is 0 Å². The van der Waals surface area contributed by atoms with Crippen molar-refractivity contribution < 1.29 is 14.0 Å². The molecule has 0 aromatic carbocycles. The van der Waals surface area contributed by atoms with E-state index in [1.807, 2.05) is 0 Å². The number of nitrogens with zero attached hydrogens (tertiary/aromatic N) is 1. The van der Waals surface area contributed by atoms with Gasteiger partial charge in [0.15, 0.2) is 0 Å². The van der Waals surface area contributed by atoms with Gasteiger partial charge in [-0.3, -0.25) is 4.52 Å². The Bertz CT molecular complexity index is 485. The molecule has 236 valence electrons. The average Bonchev–Trinajstić information content (AvgIpc) is 2.92. The zero-order valence-corrected chi connectivity index (χ0v) is 28.0. The summed E-state index contributed by atoms with van der Waals surface area (Å²) in [5.74, 6) is 0. The van der Waals surface area contributed by atoms with Gasteiger partial charge in [-0.05, 0) is 19.8 Å². The lowest BCUT2D eigenvalue weighted by molar-refractivity contribution is 0.206. The van der Waals surface area contributed by atoms with Crippen molar-refractivity contribution in [3.05, 3.63) is 0 Å². The summed E-state index contributed by atoms with van der Waals surface area (Å²) < 4.78 is 19.7. The van der Waals surface area contributed by atoms with Crippen LogP contribution in [-0.4, -0.2) is 29.3 Å². The van der Waals surface area contributed by atoms with Crippen molar-refractivity contribution in [3.8, 4) is 0 Å². The largest absolute Gasteiger partial charge is 0.405 e. The molecule has 0 radical (unpaired) electrons. The van der Waals surface area contributed by atoms with Crippen LogP contribution in [-0.2, 0) is 9.09 Å². The van der Waals surface area contributed by atoms with Crippen molar-refractivity contribution in [2.75, 3.05) is 19.7 Å². The Morgan fingerprint density at radius 2 is 0.667 bits per heavy atom. The summed E-state index contributed by atoms with van der Waals surface area (Å²) in [5.41, 5.74) is 0. The fourth-order valence-corrected chi connectivity index (χ4v) is 6.88. The highest BCUT2D eigenvalue weighted by molar-refractivity contribution is 7.50. The van der Waals surface area contributed by atoms with Crippen LogP contribution in [0.3, 0.4) is 0 Å². The number of hydrogen-bond acceptors (Lipinski definition) is 2. The Hall–Kier alpha value is 0.110. The van der Waals surface area contributed by atoms with E-state index >= 15 is 0 Å². The van der Waals surface area contributed by atoms with Crippen molar-refractivity contribution in [2.24, 2.45) is 0 Å². The molecule has 1 atom stereocenters. The van der Waals surface area contributed by atoms with Gasteiger partial charge in [-0.15, -0.1) is 0 Å². The van der Waals surface area contributed by atoms with E-state index in [4.69, 9.17) is 4.52 Å². The van der Waals surface area contributed by atoms with Crippen LogP contribution in [0.4, 0.5) is 0 Å². The first-order valence-corrected chi connectivity index (χ1v) is 19.3. The number of unbranched alkanes of at least 4 members (excludes halogenated alkanes) is 26. The topological polar surface area (TPSA) is 49.8 Å². The number of hydrogen-bond donors (Lipinski definition) is 1. The molecule has 5 heteroatoms. The third-order valence-corrected chi connectivity index (χ3v) is 9.90. The Labute approximate surface area is 246 Å². The minimum absolute atomic E-state index is 0.293. The molecule has 1 N–H and O–H groups in total. The Kier molecular flexibility index (Phi) is 31.1. The Morgan fingerprint density at radius 1 is 0.436 bits per heavy atom. The number of rotatable bonds is 33. The van der Waals surface area contributed by atoms with Gasteiger partial charge in [0, 0.05) is 13.1 Å². The van der Waals surface area contributed by atoms with Gasteiger partial charge < -0.3 is 4.89 Å². The SMILES string of the molecule is CCCCCCCCCCCCCCCCN(CCCCCCCCCCCCCCCC)P(=O)(O)OCC. The van der Waals surface area contributed by atoms with Crippen molar-refractivity contribution >= 4 is 7.75 Å². The maximum atomic E-state index is 12.7. The molecule has 39 heavy (non-hydrogen) atoms. The maximum Gasteiger partial charge on any atom is 0.405 e. The van der Waals surface area contributed by atoms with Crippen LogP contribution in [0.15, 0.2) is 0 Å². The quantitative estimate of drug-likeness (QED) is 0.0626. The first-order chi connectivity index (χ1) is 19.1. The second kappa shape index (κ2) is 31.1. The van der Waals surface area contributed by atoms with E-state index in [-0.39, 0.29) is 0 Å². The van der Waals surface area contributed by atoms with Gasteiger partial charge in [-0.2, -0.15) is 0 Å². The molecule has 0 aromatic rings. The van der Waals surface area contributed by atoms with Gasteiger partial charge in [0.25, 0.3) is 0 Å². The van der Waals surface area contributed by atoms with Gasteiger partial charge in [-0.25, -0.2) is 9.24 Å². The normalized spacial score (nSPS) is 13.4. The van der Waals surface area contributed by atoms with Crippen LogP contribution in [0.25, 0.3) is 0 Å². The van der Waals surface area contributed by atoms with E-state index in [0.717, 1.165) is 25.7 Å². The van der Waals surface area contributed by atoms with E-state index in [9.17, 15) is 9.46 Å². The summed E-state index contributed by atoms with van der Waals surface area (Å²) in [5, 5.41) is 0. The van der Waals surface area contributed by atoms with E-state index in [1.165, 1.54) is 154 Å². The van der Waals surface area contributed by atoms with Crippen LogP contribution in [0.2, 0.25) is 0 Å². The summed E-state index contributed by atoms with van der Waals surface area (Å²) >= 11 is 0. The minimum Gasteiger partial charge on any atom is -0.312 e.